The Morgan fingerprint density at radius 1 is 1.35 bits per heavy atom. The summed E-state index contributed by atoms with van der Waals surface area (Å²) >= 11 is 0. The van der Waals surface area contributed by atoms with E-state index in [2.05, 4.69) is 0 Å². The first kappa shape index (κ1) is 18.0. The van der Waals surface area contributed by atoms with Gasteiger partial charge in [0.1, 0.15) is 12.3 Å². The molecule has 0 N–H and O–H groups in total. The first-order valence-electron chi connectivity index (χ1n) is 8.05. The number of nitro groups is 1. The number of ketones is 1. The summed E-state index contributed by atoms with van der Waals surface area (Å²) in [6.45, 7) is 2.36. The lowest BCUT2D eigenvalue weighted by molar-refractivity contribution is -0.384. The molecule has 2 fully saturated rings. The molecule has 2 aliphatic rings. The third kappa shape index (κ3) is 2.93. The quantitative estimate of drug-likeness (QED) is 0.258. The SMILES string of the molecule is CC(C)(F)C1C(=O)N2C(C(=O)OCc3ccc([N+](=O)[O-])cc3)C(=O)CC12. The summed E-state index contributed by atoms with van der Waals surface area (Å²) in [4.78, 5) is 47.7. The molecular formula is C17H17FN2O6. The van der Waals surface area contributed by atoms with Crippen LogP contribution in [-0.2, 0) is 25.7 Å². The number of rotatable bonds is 5. The summed E-state index contributed by atoms with van der Waals surface area (Å²) in [6.07, 6.45) is -0.0684. The predicted octanol–water partition coefficient (Wildman–Crippen LogP) is 1.55. The molecule has 1 amide bonds. The van der Waals surface area contributed by atoms with Crippen LogP contribution in [0, 0.1) is 16.0 Å². The number of alkyl halides is 1. The van der Waals surface area contributed by atoms with Gasteiger partial charge in [-0.05, 0) is 31.5 Å². The fourth-order valence-electron chi connectivity index (χ4n) is 3.52. The van der Waals surface area contributed by atoms with Gasteiger partial charge in [-0.25, -0.2) is 9.18 Å². The summed E-state index contributed by atoms with van der Waals surface area (Å²) in [5.41, 5.74) is -1.36. The molecule has 1 aromatic carbocycles. The number of esters is 1. The van der Waals surface area contributed by atoms with Gasteiger partial charge in [0.25, 0.3) is 5.69 Å². The van der Waals surface area contributed by atoms with Gasteiger partial charge in [-0.1, -0.05) is 0 Å². The number of Topliss-reactive ketones (excluding diaryl/α,β-unsaturated/α-hetero) is 1. The average Bonchev–Trinajstić information content (AvgIpc) is 2.84. The monoisotopic (exact) mass is 364 g/mol. The molecule has 0 aliphatic carbocycles. The standard InChI is InChI=1S/C17H17FN2O6/c1-17(2,18)13-11-7-12(21)14(19(11)15(13)22)16(23)26-8-9-3-5-10(6-4-9)20(24)25/h3-6,11,13-14H,7-8H2,1-2H3. The zero-order valence-electron chi connectivity index (χ0n) is 14.2. The van der Waals surface area contributed by atoms with E-state index in [1.54, 1.807) is 0 Å². The Kier molecular flexibility index (Phi) is 4.25. The first-order valence-corrected chi connectivity index (χ1v) is 8.05. The molecule has 1 aromatic rings. The highest BCUT2D eigenvalue weighted by Crippen LogP contribution is 2.44. The van der Waals surface area contributed by atoms with E-state index < -0.39 is 46.3 Å². The maximum atomic E-state index is 14.1. The number of ether oxygens (including phenoxy) is 1. The van der Waals surface area contributed by atoms with E-state index in [1.807, 2.05) is 0 Å². The summed E-state index contributed by atoms with van der Waals surface area (Å²) in [5, 5.41) is 10.6. The van der Waals surface area contributed by atoms with Crippen LogP contribution in [0.15, 0.2) is 24.3 Å². The number of nitrogens with zero attached hydrogens (tertiary/aromatic N) is 2. The number of halogens is 1. The van der Waals surface area contributed by atoms with Crippen LogP contribution in [0.25, 0.3) is 0 Å². The number of benzene rings is 1. The molecule has 0 bridgehead atoms. The van der Waals surface area contributed by atoms with Crippen LogP contribution in [0.5, 0.6) is 0 Å². The zero-order valence-corrected chi connectivity index (χ0v) is 14.2. The summed E-state index contributed by atoms with van der Waals surface area (Å²) < 4.78 is 19.2. The molecular weight excluding hydrogens is 347 g/mol. The molecule has 0 spiro atoms. The molecule has 3 unspecified atom stereocenters. The van der Waals surface area contributed by atoms with Crippen molar-refractivity contribution in [1.29, 1.82) is 0 Å². The Morgan fingerprint density at radius 2 is 1.96 bits per heavy atom. The van der Waals surface area contributed by atoms with E-state index in [0.29, 0.717) is 5.56 Å². The Labute approximate surface area is 148 Å². The second-order valence-electron chi connectivity index (χ2n) is 6.96. The van der Waals surface area contributed by atoms with Gasteiger partial charge >= 0.3 is 5.97 Å². The lowest BCUT2D eigenvalue weighted by Gasteiger charge is -2.47. The van der Waals surface area contributed by atoms with E-state index in [1.165, 1.54) is 38.1 Å². The largest absolute Gasteiger partial charge is 0.459 e. The Hall–Kier alpha value is -2.84. The number of fused-ring (bicyclic) bond motifs is 1. The van der Waals surface area contributed by atoms with Crippen molar-refractivity contribution in [2.75, 3.05) is 0 Å². The van der Waals surface area contributed by atoms with Crippen molar-refractivity contribution >= 4 is 23.3 Å². The van der Waals surface area contributed by atoms with Crippen LogP contribution < -0.4 is 0 Å². The molecule has 26 heavy (non-hydrogen) atoms. The Balaban J connectivity index is 1.64. The van der Waals surface area contributed by atoms with Gasteiger partial charge in [-0.2, -0.15) is 0 Å². The number of amides is 1. The highest BCUT2D eigenvalue weighted by atomic mass is 19.1. The fraction of sp³-hybridized carbons (Fsp3) is 0.471. The second kappa shape index (κ2) is 6.15. The third-order valence-electron chi connectivity index (χ3n) is 4.75. The molecule has 8 nitrogen and oxygen atoms in total. The molecule has 0 radical (unpaired) electrons. The van der Waals surface area contributed by atoms with Crippen molar-refractivity contribution in [3.8, 4) is 0 Å². The summed E-state index contributed by atoms with van der Waals surface area (Å²) in [6, 6.07) is 3.44. The minimum Gasteiger partial charge on any atom is -0.459 e. The van der Waals surface area contributed by atoms with E-state index in [4.69, 9.17) is 4.74 Å². The second-order valence-corrected chi connectivity index (χ2v) is 6.96. The van der Waals surface area contributed by atoms with Gasteiger partial charge in [0, 0.05) is 18.6 Å². The molecule has 0 saturated carbocycles. The van der Waals surface area contributed by atoms with Gasteiger partial charge in [0.2, 0.25) is 5.91 Å². The number of hydrogen-bond donors (Lipinski definition) is 0. The molecule has 2 heterocycles. The molecule has 2 saturated heterocycles. The molecule has 138 valence electrons. The third-order valence-corrected chi connectivity index (χ3v) is 4.75. The van der Waals surface area contributed by atoms with E-state index >= 15 is 0 Å². The Bertz CT molecular complexity index is 785. The highest BCUT2D eigenvalue weighted by Gasteiger charge is 2.64. The summed E-state index contributed by atoms with van der Waals surface area (Å²) in [7, 11) is 0. The van der Waals surface area contributed by atoms with Gasteiger partial charge < -0.3 is 9.64 Å². The molecule has 2 aliphatic heterocycles. The number of carbonyl (C=O) groups is 3. The van der Waals surface area contributed by atoms with Gasteiger partial charge in [0.05, 0.1) is 16.9 Å². The number of β-lactam (4-membered cyclic amide) rings is 1. The van der Waals surface area contributed by atoms with Crippen LogP contribution in [0.2, 0.25) is 0 Å². The number of carbonyl (C=O) groups excluding carboxylic acids is 3. The van der Waals surface area contributed by atoms with Crippen LogP contribution in [-0.4, -0.2) is 45.2 Å². The lowest BCUT2D eigenvalue weighted by atomic mass is 9.77. The highest BCUT2D eigenvalue weighted by molar-refractivity contribution is 6.11. The smallest absolute Gasteiger partial charge is 0.337 e. The molecule has 0 aromatic heterocycles. The van der Waals surface area contributed by atoms with Crippen molar-refractivity contribution in [1.82, 2.24) is 4.90 Å². The maximum absolute atomic E-state index is 14.1. The van der Waals surface area contributed by atoms with E-state index in [0.717, 1.165) is 4.90 Å². The zero-order chi connectivity index (χ0) is 19.2. The number of hydrogen-bond acceptors (Lipinski definition) is 6. The topological polar surface area (TPSA) is 107 Å². The van der Waals surface area contributed by atoms with E-state index in [9.17, 15) is 28.9 Å². The molecule has 3 rings (SSSR count). The van der Waals surface area contributed by atoms with Crippen molar-refractivity contribution in [2.24, 2.45) is 5.92 Å². The van der Waals surface area contributed by atoms with Gasteiger partial charge in [-0.3, -0.25) is 19.7 Å². The number of non-ortho nitro benzene ring substituents is 1. The number of nitro benzene ring substituents is 1. The van der Waals surface area contributed by atoms with E-state index in [-0.39, 0.29) is 18.7 Å². The molecule has 9 heteroatoms. The minimum atomic E-state index is -1.77. The van der Waals surface area contributed by atoms with Crippen LogP contribution in [0.3, 0.4) is 0 Å². The Morgan fingerprint density at radius 3 is 2.50 bits per heavy atom. The molecule has 3 atom stereocenters. The first-order chi connectivity index (χ1) is 12.1. The van der Waals surface area contributed by atoms with Crippen LogP contribution >= 0.6 is 0 Å². The fourth-order valence-corrected chi connectivity index (χ4v) is 3.52. The lowest BCUT2D eigenvalue weighted by Crippen LogP contribution is -2.66. The van der Waals surface area contributed by atoms with Crippen molar-refractivity contribution in [3.05, 3.63) is 39.9 Å². The van der Waals surface area contributed by atoms with Crippen molar-refractivity contribution in [2.45, 2.75) is 44.6 Å². The predicted molar refractivity (Wildman–Crippen MR) is 85.6 cm³/mol. The summed E-state index contributed by atoms with van der Waals surface area (Å²) in [5.74, 6) is -2.84. The average molecular weight is 364 g/mol. The van der Waals surface area contributed by atoms with Gasteiger partial charge in [-0.15, -0.1) is 0 Å². The minimum absolute atomic E-state index is 0.0684. The van der Waals surface area contributed by atoms with Crippen molar-refractivity contribution < 1.29 is 28.4 Å². The van der Waals surface area contributed by atoms with Crippen LogP contribution in [0.4, 0.5) is 10.1 Å². The van der Waals surface area contributed by atoms with Crippen molar-refractivity contribution in [3.63, 3.8) is 0 Å². The van der Waals surface area contributed by atoms with Gasteiger partial charge in [0.15, 0.2) is 11.8 Å². The maximum Gasteiger partial charge on any atom is 0.337 e. The van der Waals surface area contributed by atoms with Crippen LogP contribution in [0.1, 0.15) is 25.8 Å². The normalized spacial score (nSPS) is 24.9.